The first-order chi connectivity index (χ1) is 13.4. The Morgan fingerprint density at radius 3 is 2.03 bits per heavy atom. The van der Waals surface area contributed by atoms with Crippen LogP contribution in [-0.2, 0) is 52.4 Å². The molecule has 1 aliphatic rings. The predicted molar refractivity (Wildman–Crippen MR) is 88.6 cm³/mol. The molecule has 1 aliphatic heterocycles. The Kier molecular flexibility index (Phi) is 8.49. The van der Waals surface area contributed by atoms with E-state index < -0.39 is 73.1 Å². The van der Waals surface area contributed by atoms with E-state index in [1.54, 1.807) is 0 Å². The monoisotopic (exact) mass is 422 g/mol. The Morgan fingerprint density at radius 1 is 1.00 bits per heavy atom. The molecule has 1 heterocycles. The molecule has 11 nitrogen and oxygen atoms in total. The van der Waals surface area contributed by atoms with Crippen molar-refractivity contribution >= 4 is 29.8 Å². The minimum absolute atomic E-state index is 0.610. The fraction of sp³-hybridized carbons (Fsp3) is 0.706. The van der Waals surface area contributed by atoms with E-state index in [1.165, 1.54) is 0 Å². The van der Waals surface area contributed by atoms with Gasteiger partial charge >= 0.3 is 35.7 Å². The van der Waals surface area contributed by atoms with Crippen LogP contribution >= 0.6 is 0 Å². The molecular formula is C17H23FO11. The number of ether oxygens (including phenoxy) is 6. The van der Waals surface area contributed by atoms with Crippen LogP contribution in [0, 0.1) is 0 Å². The number of carbonyl (C=O) groups excluding carboxylic acids is 5. The lowest BCUT2D eigenvalue weighted by Crippen LogP contribution is -2.62. The first kappa shape index (κ1) is 24.3. The molecule has 1 fully saturated rings. The third-order valence-corrected chi connectivity index (χ3v) is 3.72. The van der Waals surface area contributed by atoms with Gasteiger partial charge in [0.05, 0.1) is 13.5 Å². The van der Waals surface area contributed by atoms with E-state index >= 15 is 4.39 Å². The molecule has 12 heteroatoms. The maximum atomic E-state index is 15.2. The molecule has 5 atom stereocenters. The zero-order valence-corrected chi connectivity index (χ0v) is 16.6. The lowest BCUT2D eigenvalue weighted by molar-refractivity contribution is -0.290. The number of halogens is 1. The van der Waals surface area contributed by atoms with Crippen molar-refractivity contribution in [1.29, 1.82) is 0 Å². The van der Waals surface area contributed by atoms with Gasteiger partial charge in [0.15, 0.2) is 12.2 Å². The van der Waals surface area contributed by atoms with Gasteiger partial charge in [0, 0.05) is 27.7 Å². The molecule has 0 radical (unpaired) electrons. The number of carbonyl (C=O) groups is 5. The van der Waals surface area contributed by atoms with Crippen LogP contribution in [-0.4, -0.2) is 73.8 Å². The Balaban J connectivity index is 3.40. The fourth-order valence-corrected chi connectivity index (χ4v) is 2.75. The summed E-state index contributed by atoms with van der Waals surface area (Å²) >= 11 is 0. The first-order valence-corrected chi connectivity index (χ1v) is 8.49. The van der Waals surface area contributed by atoms with Crippen molar-refractivity contribution in [2.24, 2.45) is 0 Å². The highest BCUT2D eigenvalue weighted by molar-refractivity contribution is 5.78. The third-order valence-electron chi connectivity index (χ3n) is 3.72. The standard InChI is InChI=1S/C17H23FO11/c1-8(19)25-7-13(27-10(3)21)15-14(28-11(4)22)12(26-9(2)20)6-17(18,29-15)16(23)24-5/h12-15H,6-7H2,1-5H3/t12-,13-,14-,15-,17-/m1/s1. The smallest absolute Gasteiger partial charge is 0.371 e. The highest BCUT2D eigenvalue weighted by Gasteiger charge is 2.58. The molecule has 0 saturated carbocycles. The quantitative estimate of drug-likeness (QED) is 0.403. The first-order valence-electron chi connectivity index (χ1n) is 8.49. The minimum atomic E-state index is -3.12. The Morgan fingerprint density at radius 2 is 1.59 bits per heavy atom. The van der Waals surface area contributed by atoms with E-state index in [4.69, 9.17) is 23.7 Å². The average molecular weight is 422 g/mol. The number of methoxy groups -OCH3 is 1. The van der Waals surface area contributed by atoms with Crippen molar-refractivity contribution in [3.63, 3.8) is 0 Å². The molecule has 0 N–H and O–H groups in total. The summed E-state index contributed by atoms with van der Waals surface area (Å²) in [6.07, 6.45) is -7.00. The van der Waals surface area contributed by atoms with Crippen LogP contribution in [0.1, 0.15) is 34.1 Å². The molecule has 1 saturated heterocycles. The summed E-state index contributed by atoms with van der Waals surface area (Å²) in [5, 5.41) is 0. The van der Waals surface area contributed by atoms with E-state index in [1.807, 2.05) is 0 Å². The van der Waals surface area contributed by atoms with Crippen molar-refractivity contribution in [2.75, 3.05) is 13.7 Å². The SMILES string of the molecule is COC(=O)[C@@]1(F)C[C@@H](OC(C)=O)[C@@H](OC(C)=O)[C@@H]([C@@H](COC(C)=O)OC(C)=O)O1. The summed E-state index contributed by atoms with van der Waals surface area (Å²) in [6, 6.07) is 0. The molecule has 0 aromatic rings. The van der Waals surface area contributed by atoms with Gasteiger partial charge in [-0.25, -0.2) is 4.79 Å². The lowest BCUT2D eigenvalue weighted by Gasteiger charge is -2.43. The van der Waals surface area contributed by atoms with Crippen LogP contribution < -0.4 is 0 Å². The predicted octanol–water partition coefficient (Wildman–Crippen LogP) is -0.0277. The zero-order valence-electron chi connectivity index (χ0n) is 16.6. The van der Waals surface area contributed by atoms with Crippen molar-refractivity contribution < 1.29 is 56.8 Å². The molecule has 0 spiro atoms. The summed E-state index contributed by atoms with van der Waals surface area (Å²) < 4.78 is 44.7. The number of hydrogen-bond acceptors (Lipinski definition) is 11. The number of rotatable bonds is 7. The molecular weight excluding hydrogens is 399 g/mol. The van der Waals surface area contributed by atoms with Gasteiger partial charge in [-0.3, -0.25) is 19.2 Å². The highest BCUT2D eigenvalue weighted by Crippen LogP contribution is 2.37. The van der Waals surface area contributed by atoms with Gasteiger partial charge in [0.2, 0.25) is 0 Å². The Labute approximate surface area is 165 Å². The second-order valence-corrected chi connectivity index (χ2v) is 6.18. The Bertz CT molecular complexity index is 664. The van der Waals surface area contributed by atoms with Crippen molar-refractivity contribution in [1.82, 2.24) is 0 Å². The summed E-state index contributed by atoms with van der Waals surface area (Å²) in [7, 11) is 0.906. The van der Waals surface area contributed by atoms with Gasteiger partial charge in [-0.1, -0.05) is 0 Å². The van der Waals surface area contributed by atoms with Crippen molar-refractivity contribution in [3.05, 3.63) is 0 Å². The third kappa shape index (κ3) is 6.97. The largest absolute Gasteiger partial charge is 0.465 e. The maximum Gasteiger partial charge on any atom is 0.371 e. The van der Waals surface area contributed by atoms with E-state index in [2.05, 4.69) is 4.74 Å². The van der Waals surface area contributed by atoms with Crippen molar-refractivity contribution in [2.45, 2.75) is 64.4 Å². The topological polar surface area (TPSA) is 141 Å². The van der Waals surface area contributed by atoms with Crippen LogP contribution in [0.5, 0.6) is 0 Å². The van der Waals surface area contributed by atoms with E-state index in [0.717, 1.165) is 34.8 Å². The van der Waals surface area contributed by atoms with E-state index in [0.29, 0.717) is 0 Å². The van der Waals surface area contributed by atoms with Gasteiger partial charge in [-0.15, -0.1) is 0 Å². The second kappa shape index (κ2) is 10.1. The van der Waals surface area contributed by atoms with E-state index in [9.17, 15) is 24.0 Å². The van der Waals surface area contributed by atoms with Crippen LogP contribution in [0.3, 0.4) is 0 Å². The van der Waals surface area contributed by atoms with Crippen LogP contribution in [0.2, 0.25) is 0 Å². The fourth-order valence-electron chi connectivity index (χ4n) is 2.75. The van der Waals surface area contributed by atoms with Gasteiger partial charge < -0.3 is 28.4 Å². The minimum Gasteiger partial charge on any atom is -0.465 e. The number of esters is 5. The molecule has 1 rings (SSSR count). The lowest BCUT2D eigenvalue weighted by atomic mass is 9.92. The van der Waals surface area contributed by atoms with Gasteiger partial charge in [-0.2, -0.15) is 4.39 Å². The van der Waals surface area contributed by atoms with Crippen molar-refractivity contribution in [3.8, 4) is 0 Å². The maximum absolute atomic E-state index is 15.2. The van der Waals surface area contributed by atoms with Gasteiger partial charge in [-0.05, 0) is 0 Å². The molecule has 0 aromatic carbocycles. The second-order valence-electron chi connectivity index (χ2n) is 6.18. The zero-order chi connectivity index (χ0) is 22.4. The number of hydrogen-bond donors (Lipinski definition) is 0. The van der Waals surface area contributed by atoms with Crippen LogP contribution in [0.15, 0.2) is 0 Å². The molecule has 0 unspecified atom stereocenters. The average Bonchev–Trinajstić information content (AvgIpc) is 2.58. The number of alkyl halides is 1. The summed E-state index contributed by atoms with van der Waals surface area (Å²) in [6.45, 7) is 3.55. The molecule has 29 heavy (non-hydrogen) atoms. The Hall–Kier alpha value is -2.76. The molecule has 0 bridgehead atoms. The molecule has 0 aliphatic carbocycles. The highest BCUT2D eigenvalue weighted by atomic mass is 19.2. The summed E-state index contributed by atoms with van der Waals surface area (Å²) in [5.41, 5.74) is 0. The van der Waals surface area contributed by atoms with Gasteiger partial charge in [0.25, 0.3) is 0 Å². The van der Waals surface area contributed by atoms with Crippen LogP contribution in [0.25, 0.3) is 0 Å². The molecule has 0 aromatic heterocycles. The van der Waals surface area contributed by atoms with Gasteiger partial charge in [0.1, 0.15) is 18.8 Å². The summed E-state index contributed by atoms with van der Waals surface area (Å²) in [5.74, 6) is -7.88. The summed E-state index contributed by atoms with van der Waals surface area (Å²) in [4.78, 5) is 57.6. The normalized spacial score (nSPS) is 27.2. The molecule has 164 valence electrons. The van der Waals surface area contributed by atoms with Crippen LogP contribution in [0.4, 0.5) is 4.39 Å². The molecule has 0 amide bonds. The van der Waals surface area contributed by atoms with E-state index in [-0.39, 0.29) is 0 Å².